The zero-order valence-corrected chi connectivity index (χ0v) is 12.4. The topological polar surface area (TPSA) is 49.4 Å². The van der Waals surface area contributed by atoms with E-state index in [0.717, 1.165) is 10.0 Å². The summed E-state index contributed by atoms with van der Waals surface area (Å²) in [6.07, 6.45) is 0.308. The minimum Gasteiger partial charge on any atom is -0.359 e. The lowest BCUT2D eigenvalue weighted by Gasteiger charge is -2.18. The Bertz CT molecular complexity index is 460. The summed E-state index contributed by atoms with van der Waals surface area (Å²) in [5.74, 6) is -0.160. The summed E-state index contributed by atoms with van der Waals surface area (Å²) in [4.78, 5) is 24.9. The Morgan fingerprint density at radius 1 is 1.39 bits per heavy atom. The van der Waals surface area contributed by atoms with E-state index in [4.69, 9.17) is 0 Å². The molecule has 1 aromatic carbocycles. The highest BCUT2D eigenvalue weighted by atomic mass is 79.9. The fraction of sp³-hybridized carbons (Fsp3) is 0.385. The maximum atomic E-state index is 12.2. The van der Waals surface area contributed by atoms with Crippen molar-refractivity contribution < 1.29 is 9.59 Å². The van der Waals surface area contributed by atoms with Crippen LogP contribution in [0.1, 0.15) is 22.3 Å². The first kappa shape index (κ1) is 14.7. The number of rotatable bonds is 4. The Labute approximate surface area is 115 Å². The zero-order chi connectivity index (χ0) is 13.7. The molecule has 0 radical (unpaired) electrons. The first-order chi connectivity index (χ1) is 8.47. The van der Waals surface area contributed by atoms with Crippen molar-refractivity contribution in [2.75, 3.05) is 20.6 Å². The van der Waals surface area contributed by atoms with Gasteiger partial charge >= 0.3 is 0 Å². The predicted octanol–water partition coefficient (Wildman–Crippen LogP) is 1.97. The van der Waals surface area contributed by atoms with Crippen LogP contribution in [-0.4, -0.2) is 37.4 Å². The molecule has 0 fully saturated rings. The van der Waals surface area contributed by atoms with Crippen LogP contribution in [0.25, 0.3) is 0 Å². The molecule has 0 atom stereocenters. The highest BCUT2D eigenvalue weighted by molar-refractivity contribution is 9.10. The minimum absolute atomic E-state index is 0.0713. The van der Waals surface area contributed by atoms with Crippen LogP contribution in [0.2, 0.25) is 0 Å². The number of aryl methyl sites for hydroxylation is 1. The number of amides is 2. The van der Waals surface area contributed by atoms with Crippen molar-refractivity contribution in [2.45, 2.75) is 13.3 Å². The number of benzene rings is 1. The van der Waals surface area contributed by atoms with Crippen LogP contribution in [0.3, 0.4) is 0 Å². The summed E-state index contributed by atoms with van der Waals surface area (Å²) < 4.78 is 0.807. The van der Waals surface area contributed by atoms with Gasteiger partial charge < -0.3 is 10.2 Å². The van der Waals surface area contributed by atoms with E-state index in [-0.39, 0.29) is 11.8 Å². The zero-order valence-electron chi connectivity index (χ0n) is 10.8. The lowest BCUT2D eigenvalue weighted by molar-refractivity contribution is -0.120. The van der Waals surface area contributed by atoms with Gasteiger partial charge in [0.05, 0.1) is 5.56 Å². The molecule has 0 spiro atoms. The second-order valence-corrected chi connectivity index (χ2v) is 4.88. The van der Waals surface area contributed by atoms with E-state index in [9.17, 15) is 9.59 Å². The van der Waals surface area contributed by atoms with Crippen LogP contribution in [0, 0.1) is 6.92 Å². The maximum Gasteiger partial charge on any atom is 0.254 e. The fourth-order valence-corrected chi connectivity index (χ4v) is 1.95. The fourth-order valence-electron chi connectivity index (χ4n) is 1.51. The molecule has 0 aliphatic rings. The molecule has 5 heteroatoms. The van der Waals surface area contributed by atoms with Gasteiger partial charge in [-0.1, -0.05) is 12.1 Å². The molecule has 1 rings (SSSR count). The van der Waals surface area contributed by atoms with Gasteiger partial charge in [-0.05, 0) is 34.5 Å². The van der Waals surface area contributed by atoms with Crippen LogP contribution in [0.5, 0.6) is 0 Å². The summed E-state index contributed by atoms with van der Waals surface area (Å²) in [6.45, 7) is 2.34. The van der Waals surface area contributed by atoms with Crippen molar-refractivity contribution in [3.63, 3.8) is 0 Å². The van der Waals surface area contributed by atoms with Gasteiger partial charge in [0.2, 0.25) is 5.91 Å². The molecule has 1 N–H and O–H groups in total. The molecular formula is C13H17BrN2O2. The number of carbonyl (C=O) groups is 2. The number of hydrogen-bond acceptors (Lipinski definition) is 2. The molecular weight excluding hydrogens is 296 g/mol. The molecule has 0 unspecified atom stereocenters. The van der Waals surface area contributed by atoms with Crippen molar-refractivity contribution in [3.8, 4) is 0 Å². The van der Waals surface area contributed by atoms with Gasteiger partial charge in [-0.2, -0.15) is 0 Å². The van der Waals surface area contributed by atoms with Crippen molar-refractivity contribution in [1.29, 1.82) is 0 Å². The summed E-state index contributed by atoms with van der Waals surface area (Å²) in [5.41, 5.74) is 1.63. The molecule has 18 heavy (non-hydrogen) atoms. The standard InChI is InChI=1S/C13H17BrN2O2/c1-9-5-4-6-10(12(9)14)13(18)16(3)8-7-11(17)15-2/h4-6H,7-8H2,1-3H3,(H,15,17). The molecule has 4 nitrogen and oxygen atoms in total. The van der Waals surface area contributed by atoms with E-state index < -0.39 is 0 Å². The van der Waals surface area contributed by atoms with E-state index in [1.54, 1.807) is 25.1 Å². The Kier molecular flexibility index (Phi) is 5.34. The van der Waals surface area contributed by atoms with E-state index >= 15 is 0 Å². The number of carbonyl (C=O) groups excluding carboxylic acids is 2. The van der Waals surface area contributed by atoms with Crippen molar-refractivity contribution in [1.82, 2.24) is 10.2 Å². The first-order valence-corrected chi connectivity index (χ1v) is 6.47. The molecule has 1 aromatic rings. The quantitative estimate of drug-likeness (QED) is 0.924. The molecule has 2 amide bonds. The van der Waals surface area contributed by atoms with Gasteiger partial charge in [-0.25, -0.2) is 0 Å². The van der Waals surface area contributed by atoms with Gasteiger partial charge in [-0.3, -0.25) is 9.59 Å². The molecule has 0 saturated carbocycles. The Hall–Kier alpha value is -1.36. The van der Waals surface area contributed by atoms with Gasteiger partial charge in [0.25, 0.3) is 5.91 Å². The number of halogens is 1. The second kappa shape index (κ2) is 6.54. The van der Waals surface area contributed by atoms with Crippen molar-refractivity contribution in [2.24, 2.45) is 0 Å². The average Bonchev–Trinajstić information content (AvgIpc) is 2.37. The largest absolute Gasteiger partial charge is 0.359 e. The Morgan fingerprint density at radius 3 is 2.67 bits per heavy atom. The number of nitrogens with zero attached hydrogens (tertiary/aromatic N) is 1. The molecule has 0 bridgehead atoms. The smallest absolute Gasteiger partial charge is 0.254 e. The van der Waals surface area contributed by atoms with Crippen LogP contribution in [0.4, 0.5) is 0 Å². The summed E-state index contributed by atoms with van der Waals surface area (Å²) in [6, 6.07) is 5.56. The SMILES string of the molecule is CNC(=O)CCN(C)C(=O)c1cccc(C)c1Br. The summed E-state index contributed by atoms with van der Waals surface area (Å²) in [7, 11) is 3.28. The summed E-state index contributed by atoms with van der Waals surface area (Å²) >= 11 is 3.42. The van der Waals surface area contributed by atoms with Crippen LogP contribution < -0.4 is 5.32 Å². The minimum atomic E-state index is -0.0884. The molecule has 0 aliphatic carbocycles. The molecule has 0 saturated heterocycles. The van der Waals surface area contributed by atoms with Crippen LogP contribution >= 0.6 is 15.9 Å². The van der Waals surface area contributed by atoms with Gasteiger partial charge in [0.1, 0.15) is 0 Å². The highest BCUT2D eigenvalue weighted by Gasteiger charge is 2.16. The van der Waals surface area contributed by atoms with Crippen molar-refractivity contribution >= 4 is 27.7 Å². The second-order valence-electron chi connectivity index (χ2n) is 4.09. The molecule has 0 aromatic heterocycles. The Balaban J connectivity index is 2.74. The lowest BCUT2D eigenvalue weighted by atomic mass is 10.1. The van der Waals surface area contributed by atoms with E-state index in [0.29, 0.717) is 18.5 Å². The normalized spacial score (nSPS) is 10.0. The van der Waals surface area contributed by atoms with Gasteiger partial charge in [0.15, 0.2) is 0 Å². The average molecular weight is 313 g/mol. The molecule has 0 heterocycles. The molecule has 98 valence electrons. The predicted molar refractivity (Wildman–Crippen MR) is 74.5 cm³/mol. The van der Waals surface area contributed by atoms with E-state index in [2.05, 4.69) is 21.2 Å². The third-order valence-electron chi connectivity index (χ3n) is 2.72. The monoisotopic (exact) mass is 312 g/mol. The van der Waals surface area contributed by atoms with Crippen LogP contribution in [-0.2, 0) is 4.79 Å². The van der Waals surface area contributed by atoms with Crippen molar-refractivity contribution in [3.05, 3.63) is 33.8 Å². The lowest BCUT2D eigenvalue weighted by Crippen LogP contribution is -2.31. The van der Waals surface area contributed by atoms with Gasteiger partial charge in [-0.15, -0.1) is 0 Å². The third-order valence-corrected chi connectivity index (χ3v) is 3.77. The summed E-state index contributed by atoms with van der Waals surface area (Å²) in [5, 5.41) is 2.53. The van der Waals surface area contributed by atoms with Gasteiger partial charge in [0, 0.05) is 31.5 Å². The van der Waals surface area contributed by atoms with Crippen LogP contribution in [0.15, 0.2) is 22.7 Å². The first-order valence-electron chi connectivity index (χ1n) is 5.68. The third kappa shape index (κ3) is 3.57. The number of nitrogens with one attached hydrogen (secondary N) is 1. The molecule has 0 aliphatic heterocycles. The Morgan fingerprint density at radius 2 is 2.06 bits per heavy atom. The van der Waals surface area contributed by atoms with E-state index in [1.807, 2.05) is 19.1 Å². The highest BCUT2D eigenvalue weighted by Crippen LogP contribution is 2.22. The number of hydrogen-bond donors (Lipinski definition) is 1. The maximum absolute atomic E-state index is 12.2. The van der Waals surface area contributed by atoms with E-state index in [1.165, 1.54) is 0 Å².